The van der Waals surface area contributed by atoms with Gasteiger partial charge in [-0.15, -0.1) is 11.3 Å². The van der Waals surface area contributed by atoms with Crippen molar-refractivity contribution in [2.45, 2.75) is 0 Å². The highest BCUT2D eigenvalue weighted by molar-refractivity contribution is 7.17. The van der Waals surface area contributed by atoms with E-state index in [-0.39, 0.29) is 5.91 Å². The van der Waals surface area contributed by atoms with Gasteiger partial charge < -0.3 is 11.1 Å². The van der Waals surface area contributed by atoms with Crippen LogP contribution in [0, 0.1) is 0 Å². The van der Waals surface area contributed by atoms with Crippen molar-refractivity contribution in [1.82, 2.24) is 4.98 Å². The molecule has 0 bridgehead atoms. The minimum atomic E-state index is -0.474. The summed E-state index contributed by atoms with van der Waals surface area (Å²) in [6.45, 7) is 0. The summed E-state index contributed by atoms with van der Waals surface area (Å²) < 4.78 is 0. The standard InChI is InChI=1S/C17H13N3O2S/c18-15(21)11-6-8-12(9-7-11)17-19-10-14(23-17)16(22)20-13-4-2-1-3-5-13/h1-10H,(H2,18,21)(H,20,22). The van der Waals surface area contributed by atoms with Crippen molar-refractivity contribution >= 4 is 28.8 Å². The molecule has 0 saturated heterocycles. The lowest BCUT2D eigenvalue weighted by Gasteiger charge is -2.01. The Morgan fingerprint density at radius 3 is 2.35 bits per heavy atom. The number of para-hydroxylation sites is 1. The van der Waals surface area contributed by atoms with Crippen LogP contribution in [0.3, 0.4) is 0 Å². The predicted octanol–water partition coefficient (Wildman–Crippen LogP) is 3.16. The number of thiazole rings is 1. The van der Waals surface area contributed by atoms with Crippen LogP contribution < -0.4 is 11.1 Å². The Hall–Kier alpha value is -2.99. The fourth-order valence-electron chi connectivity index (χ4n) is 2.00. The number of nitrogens with zero attached hydrogens (tertiary/aromatic N) is 1. The summed E-state index contributed by atoms with van der Waals surface area (Å²) in [7, 11) is 0. The van der Waals surface area contributed by atoms with Crippen LogP contribution in [-0.2, 0) is 0 Å². The highest BCUT2D eigenvalue weighted by Gasteiger charge is 2.12. The molecule has 2 amide bonds. The van der Waals surface area contributed by atoms with Crippen molar-refractivity contribution in [2.75, 3.05) is 5.32 Å². The molecule has 2 aromatic carbocycles. The van der Waals surface area contributed by atoms with E-state index in [0.717, 1.165) is 11.3 Å². The van der Waals surface area contributed by atoms with E-state index >= 15 is 0 Å². The molecule has 3 rings (SSSR count). The zero-order chi connectivity index (χ0) is 16.2. The van der Waals surface area contributed by atoms with Gasteiger partial charge in [-0.05, 0) is 24.3 Å². The van der Waals surface area contributed by atoms with Crippen LogP contribution in [-0.4, -0.2) is 16.8 Å². The maximum Gasteiger partial charge on any atom is 0.267 e. The van der Waals surface area contributed by atoms with E-state index in [0.29, 0.717) is 15.4 Å². The summed E-state index contributed by atoms with van der Waals surface area (Å²) in [4.78, 5) is 28.1. The molecule has 1 aromatic heterocycles. The number of hydrogen-bond acceptors (Lipinski definition) is 4. The maximum absolute atomic E-state index is 12.2. The summed E-state index contributed by atoms with van der Waals surface area (Å²) in [6, 6.07) is 16.0. The zero-order valence-corrected chi connectivity index (χ0v) is 12.8. The van der Waals surface area contributed by atoms with Crippen molar-refractivity contribution in [3.05, 3.63) is 71.2 Å². The molecule has 3 aromatic rings. The van der Waals surface area contributed by atoms with Gasteiger partial charge in [-0.1, -0.05) is 30.3 Å². The molecule has 0 unspecified atom stereocenters. The average molecular weight is 323 g/mol. The predicted molar refractivity (Wildman–Crippen MR) is 90.5 cm³/mol. The summed E-state index contributed by atoms with van der Waals surface area (Å²) >= 11 is 1.29. The Morgan fingerprint density at radius 2 is 1.70 bits per heavy atom. The number of nitrogens with one attached hydrogen (secondary N) is 1. The van der Waals surface area contributed by atoms with E-state index < -0.39 is 5.91 Å². The first-order chi connectivity index (χ1) is 11.1. The van der Waals surface area contributed by atoms with Gasteiger partial charge in [-0.25, -0.2) is 4.98 Å². The molecule has 0 radical (unpaired) electrons. The summed E-state index contributed by atoms with van der Waals surface area (Å²) in [6.07, 6.45) is 1.54. The molecule has 0 aliphatic heterocycles. The highest BCUT2D eigenvalue weighted by atomic mass is 32.1. The number of nitrogens with two attached hydrogens (primary N) is 1. The molecular formula is C17H13N3O2S. The molecule has 0 fully saturated rings. The number of amides is 2. The van der Waals surface area contributed by atoms with Crippen LogP contribution in [0.2, 0.25) is 0 Å². The van der Waals surface area contributed by atoms with Gasteiger partial charge in [0.15, 0.2) is 0 Å². The largest absolute Gasteiger partial charge is 0.366 e. The zero-order valence-electron chi connectivity index (χ0n) is 12.0. The third kappa shape index (κ3) is 3.44. The summed E-state index contributed by atoms with van der Waals surface area (Å²) in [5, 5.41) is 3.52. The van der Waals surface area contributed by atoms with Gasteiger partial charge in [0.1, 0.15) is 9.88 Å². The summed E-state index contributed by atoms with van der Waals surface area (Å²) in [5.41, 5.74) is 7.22. The fourth-order valence-corrected chi connectivity index (χ4v) is 2.82. The normalized spacial score (nSPS) is 10.3. The van der Waals surface area contributed by atoms with E-state index in [4.69, 9.17) is 5.73 Å². The van der Waals surface area contributed by atoms with Crippen LogP contribution in [0.1, 0.15) is 20.0 Å². The van der Waals surface area contributed by atoms with E-state index in [1.165, 1.54) is 11.3 Å². The smallest absolute Gasteiger partial charge is 0.267 e. The van der Waals surface area contributed by atoms with Gasteiger partial charge >= 0.3 is 0 Å². The number of rotatable bonds is 4. The number of aromatic nitrogens is 1. The first-order valence-electron chi connectivity index (χ1n) is 6.86. The second-order valence-electron chi connectivity index (χ2n) is 4.79. The SMILES string of the molecule is NC(=O)c1ccc(-c2ncc(C(=O)Nc3ccccc3)s2)cc1. The highest BCUT2D eigenvalue weighted by Crippen LogP contribution is 2.26. The lowest BCUT2D eigenvalue weighted by molar-refractivity contribution is 0.0998. The van der Waals surface area contributed by atoms with Crippen LogP contribution in [0.15, 0.2) is 60.8 Å². The quantitative estimate of drug-likeness (QED) is 0.773. The number of primary amides is 1. The molecule has 114 valence electrons. The van der Waals surface area contributed by atoms with E-state index in [9.17, 15) is 9.59 Å². The number of benzene rings is 2. The van der Waals surface area contributed by atoms with Crippen molar-refractivity contribution in [1.29, 1.82) is 0 Å². The first-order valence-corrected chi connectivity index (χ1v) is 7.67. The second-order valence-corrected chi connectivity index (χ2v) is 5.82. The van der Waals surface area contributed by atoms with Gasteiger partial charge in [0, 0.05) is 16.8 Å². The molecular weight excluding hydrogens is 310 g/mol. The molecule has 0 saturated carbocycles. The third-order valence-corrected chi connectivity index (χ3v) is 4.22. The molecule has 23 heavy (non-hydrogen) atoms. The number of hydrogen-bond donors (Lipinski definition) is 2. The lowest BCUT2D eigenvalue weighted by Crippen LogP contribution is -2.10. The Kier molecular flexibility index (Phi) is 4.16. The summed E-state index contributed by atoms with van der Waals surface area (Å²) in [5.74, 6) is -0.674. The van der Waals surface area contributed by atoms with Gasteiger partial charge in [0.2, 0.25) is 5.91 Å². The fraction of sp³-hybridized carbons (Fsp3) is 0. The van der Waals surface area contributed by atoms with Crippen LogP contribution in [0.25, 0.3) is 10.6 Å². The molecule has 1 heterocycles. The van der Waals surface area contributed by atoms with Gasteiger partial charge in [0.25, 0.3) is 5.91 Å². The minimum Gasteiger partial charge on any atom is -0.366 e. The van der Waals surface area contributed by atoms with E-state index in [1.807, 2.05) is 30.3 Å². The van der Waals surface area contributed by atoms with Crippen LogP contribution >= 0.6 is 11.3 Å². The van der Waals surface area contributed by atoms with Gasteiger partial charge in [-0.3, -0.25) is 9.59 Å². The third-order valence-electron chi connectivity index (χ3n) is 3.18. The monoisotopic (exact) mass is 323 g/mol. The first kappa shape index (κ1) is 14.9. The molecule has 5 nitrogen and oxygen atoms in total. The topological polar surface area (TPSA) is 85.1 Å². The van der Waals surface area contributed by atoms with Crippen molar-refractivity contribution in [3.63, 3.8) is 0 Å². The van der Waals surface area contributed by atoms with Gasteiger partial charge in [-0.2, -0.15) is 0 Å². The second kappa shape index (κ2) is 6.41. The molecule has 6 heteroatoms. The van der Waals surface area contributed by atoms with Crippen molar-refractivity contribution in [3.8, 4) is 10.6 Å². The molecule has 3 N–H and O–H groups in total. The maximum atomic E-state index is 12.2. The number of carbonyl (C=O) groups excluding carboxylic acids is 2. The lowest BCUT2D eigenvalue weighted by atomic mass is 10.1. The van der Waals surface area contributed by atoms with Crippen LogP contribution in [0.5, 0.6) is 0 Å². The van der Waals surface area contributed by atoms with Crippen LogP contribution in [0.4, 0.5) is 5.69 Å². The Morgan fingerprint density at radius 1 is 1.00 bits per heavy atom. The molecule has 0 aliphatic carbocycles. The van der Waals surface area contributed by atoms with E-state index in [2.05, 4.69) is 10.3 Å². The Labute approximate surface area is 136 Å². The Bertz CT molecular complexity index is 842. The molecule has 0 aliphatic rings. The molecule has 0 atom stereocenters. The van der Waals surface area contributed by atoms with Crippen molar-refractivity contribution < 1.29 is 9.59 Å². The van der Waals surface area contributed by atoms with Gasteiger partial charge in [0.05, 0.1) is 6.20 Å². The Balaban J connectivity index is 1.77. The van der Waals surface area contributed by atoms with E-state index in [1.54, 1.807) is 30.5 Å². The number of anilines is 1. The average Bonchev–Trinajstić information content (AvgIpc) is 3.06. The number of carbonyl (C=O) groups is 2. The minimum absolute atomic E-state index is 0.200. The molecule has 0 spiro atoms. The van der Waals surface area contributed by atoms with Crippen molar-refractivity contribution in [2.24, 2.45) is 5.73 Å².